The number of carbonyl (C=O) groups excluding carboxylic acids is 1. The molecule has 1 aliphatic rings. The Morgan fingerprint density at radius 2 is 1.82 bits per heavy atom. The fourth-order valence-corrected chi connectivity index (χ4v) is 3.71. The van der Waals surface area contributed by atoms with Crippen LogP contribution in [0.3, 0.4) is 0 Å². The zero-order chi connectivity index (χ0) is 19.8. The van der Waals surface area contributed by atoms with Crippen molar-refractivity contribution in [2.45, 2.75) is 26.3 Å². The molecule has 0 unspecified atom stereocenters. The van der Waals surface area contributed by atoms with Crippen molar-refractivity contribution in [2.75, 3.05) is 44.2 Å². The Kier molecular flexibility index (Phi) is 7.46. The van der Waals surface area contributed by atoms with Crippen LogP contribution in [0.25, 0.3) is 0 Å². The van der Waals surface area contributed by atoms with Gasteiger partial charge in [-0.15, -0.1) is 0 Å². The van der Waals surface area contributed by atoms with Gasteiger partial charge in [0.05, 0.1) is 0 Å². The lowest BCUT2D eigenvalue weighted by atomic mass is 10.1. The predicted octanol–water partition coefficient (Wildman–Crippen LogP) is 2.79. The SMILES string of the molecule is Cc1cccc(N2CCN(CCCCNCc3cccc(C(N)=O)c3)CC2)c1. The first kappa shape index (κ1) is 20.4. The van der Waals surface area contributed by atoms with E-state index in [2.05, 4.69) is 46.3 Å². The van der Waals surface area contributed by atoms with Gasteiger partial charge in [-0.2, -0.15) is 0 Å². The molecule has 1 aliphatic heterocycles. The molecule has 0 spiro atoms. The molecular formula is C23H32N4O. The average Bonchev–Trinajstić information content (AvgIpc) is 2.71. The van der Waals surface area contributed by atoms with Crippen molar-refractivity contribution in [3.05, 3.63) is 65.2 Å². The van der Waals surface area contributed by atoms with E-state index < -0.39 is 0 Å². The number of carbonyl (C=O) groups is 1. The van der Waals surface area contributed by atoms with Crippen LogP contribution >= 0.6 is 0 Å². The highest BCUT2D eigenvalue weighted by Gasteiger charge is 2.16. The standard InChI is InChI=1S/C23H32N4O/c1-19-6-4-9-22(16-19)27-14-12-26(13-15-27)11-3-2-10-25-18-20-7-5-8-21(17-20)23(24)28/h4-9,16-17,25H,2-3,10-15,18H2,1H3,(H2,24,28). The van der Waals surface area contributed by atoms with Crippen LogP contribution < -0.4 is 16.0 Å². The number of piperazine rings is 1. The quantitative estimate of drug-likeness (QED) is 0.657. The monoisotopic (exact) mass is 380 g/mol. The first-order valence-electron chi connectivity index (χ1n) is 10.3. The van der Waals surface area contributed by atoms with Crippen LogP contribution in [0.5, 0.6) is 0 Å². The summed E-state index contributed by atoms with van der Waals surface area (Å²) in [6, 6.07) is 16.3. The molecule has 0 aliphatic carbocycles. The Balaban J connectivity index is 1.28. The number of aryl methyl sites for hydroxylation is 1. The first-order chi connectivity index (χ1) is 13.6. The van der Waals surface area contributed by atoms with Crippen LogP contribution in [-0.4, -0.2) is 50.1 Å². The molecule has 150 valence electrons. The maximum absolute atomic E-state index is 11.2. The van der Waals surface area contributed by atoms with Gasteiger partial charge in [0.25, 0.3) is 0 Å². The second-order valence-corrected chi connectivity index (χ2v) is 7.62. The second-order valence-electron chi connectivity index (χ2n) is 7.62. The first-order valence-corrected chi connectivity index (χ1v) is 10.3. The fraction of sp³-hybridized carbons (Fsp3) is 0.435. The lowest BCUT2D eigenvalue weighted by molar-refractivity contribution is 0.1000. The van der Waals surface area contributed by atoms with E-state index in [4.69, 9.17) is 5.73 Å². The summed E-state index contributed by atoms with van der Waals surface area (Å²) in [4.78, 5) is 16.3. The highest BCUT2D eigenvalue weighted by atomic mass is 16.1. The van der Waals surface area contributed by atoms with E-state index in [0.717, 1.165) is 51.3 Å². The van der Waals surface area contributed by atoms with Crippen LogP contribution in [-0.2, 0) is 6.54 Å². The zero-order valence-electron chi connectivity index (χ0n) is 16.9. The minimum Gasteiger partial charge on any atom is -0.369 e. The van der Waals surface area contributed by atoms with E-state index in [0.29, 0.717) is 5.56 Å². The number of benzene rings is 2. The molecule has 0 aromatic heterocycles. The number of hydrogen-bond acceptors (Lipinski definition) is 4. The minimum absolute atomic E-state index is 0.371. The average molecular weight is 381 g/mol. The largest absolute Gasteiger partial charge is 0.369 e. The van der Waals surface area contributed by atoms with Gasteiger partial charge in [-0.25, -0.2) is 0 Å². The van der Waals surface area contributed by atoms with E-state index in [1.807, 2.05) is 18.2 Å². The van der Waals surface area contributed by atoms with Gasteiger partial charge in [0.1, 0.15) is 0 Å². The van der Waals surface area contributed by atoms with Gasteiger partial charge in [0.2, 0.25) is 5.91 Å². The minimum atomic E-state index is -0.371. The predicted molar refractivity (Wildman–Crippen MR) is 116 cm³/mol. The molecule has 1 amide bonds. The summed E-state index contributed by atoms with van der Waals surface area (Å²) in [6.45, 7) is 9.58. The van der Waals surface area contributed by atoms with E-state index in [1.165, 1.54) is 24.2 Å². The van der Waals surface area contributed by atoms with Crippen LogP contribution in [0.4, 0.5) is 5.69 Å². The third-order valence-electron chi connectivity index (χ3n) is 5.36. The smallest absolute Gasteiger partial charge is 0.248 e. The van der Waals surface area contributed by atoms with Gasteiger partial charge < -0.3 is 16.0 Å². The molecule has 3 rings (SSSR count). The Morgan fingerprint density at radius 3 is 2.57 bits per heavy atom. The van der Waals surface area contributed by atoms with E-state index >= 15 is 0 Å². The second kappa shape index (κ2) is 10.2. The van der Waals surface area contributed by atoms with Crippen molar-refractivity contribution in [1.29, 1.82) is 0 Å². The molecule has 0 bridgehead atoms. The summed E-state index contributed by atoms with van der Waals surface area (Å²) in [7, 11) is 0. The van der Waals surface area contributed by atoms with Crippen molar-refractivity contribution in [2.24, 2.45) is 5.73 Å². The number of primary amides is 1. The Labute approximate surface area is 168 Å². The molecule has 1 fully saturated rings. The normalized spacial score (nSPS) is 15.0. The van der Waals surface area contributed by atoms with Crippen LogP contribution in [0.15, 0.2) is 48.5 Å². The van der Waals surface area contributed by atoms with Gasteiger partial charge in [-0.3, -0.25) is 9.69 Å². The Bertz CT molecular complexity index is 769. The van der Waals surface area contributed by atoms with Crippen molar-refractivity contribution >= 4 is 11.6 Å². The summed E-state index contributed by atoms with van der Waals surface area (Å²) in [5, 5.41) is 3.46. The topological polar surface area (TPSA) is 61.6 Å². The summed E-state index contributed by atoms with van der Waals surface area (Å²) < 4.78 is 0. The summed E-state index contributed by atoms with van der Waals surface area (Å²) in [6.07, 6.45) is 2.37. The highest BCUT2D eigenvalue weighted by molar-refractivity contribution is 5.92. The van der Waals surface area contributed by atoms with Gasteiger partial charge in [0, 0.05) is 44.0 Å². The number of anilines is 1. The fourth-order valence-electron chi connectivity index (χ4n) is 3.71. The lowest BCUT2D eigenvalue weighted by Crippen LogP contribution is -2.46. The Hall–Kier alpha value is -2.37. The van der Waals surface area contributed by atoms with Gasteiger partial charge in [-0.1, -0.05) is 24.3 Å². The molecule has 5 nitrogen and oxygen atoms in total. The van der Waals surface area contributed by atoms with E-state index in [9.17, 15) is 4.79 Å². The van der Waals surface area contributed by atoms with Gasteiger partial charge in [-0.05, 0) is 68.2 Å². The third-order valence-corrected chi connectivity index (χ3v) is 5.36. The number of rotatable bonds is 9. The molecule has 0 saturated carbocycles. The molecule has 5 heteroatoms. The molecule has 1 heterocycles. The highest BCUT2D eigenvalue weighted by Crippen LogP contribution is 2.17. The molecule has 28 heavy (non-hydrogen) atoms. The van der Waals surface area contributed by atoms with Gasteiger partial charge in [0.15, 0.2) is 0 Å². The number of nitrogens with zero attached hydrogens (tertiary/aromatic N) is 2. The van der Waals surface area contributed by atoms with Crippen molar-refractivity contribution in [1.82, 2.24) is 10.2 Å². The van der Waals surface area contributed by atoms with Crippen LogP contribution in [0, 0.1) is 6.92 Å². The molecule has 0 atom stereocenters. The molecule has 2 aromatic rings. The van der Waals surface area contributed by atoms with E-state index in [1.54, 1.807) is 6.07 Å². The number of unbranched alkanes of at least 4 members (excludes halogenated alkanes) is 1. The third kappa shape index (κ3) is 6.08. The van der Waals surface area contributed by atoms with Crippen molar-refractivity contribution in [3.63, 3.8) is 0 Å². The van der Waals surface area contributed by atoms with E-state index in [-0.39, 0.29) is 5.91 Å². The number of nitrogens with one attached hydrogen (secondary N) is 1. The van der Waals surface area contributed by atoms with Gasteiger partial charge >= 0.3 is 0 Å². The molecular weight excluding hydrogens is 348 g/mol. The number of hydrogen-bond donors (Lipinski definition) is 2. The Morgan fingerprint density at radius 1 is 1.04 bits per heavy atom. The maximum Gasteiger partial charge on any atom is 0.248 e. The summed E-state index contributed by atoms with van der Waals surface area (Å²) >= 11 is 0. The van der Waals surface area contributed by atoms with Crippen LogP contribution in [0.2, 0.25) is 0 Å². The lowest BCUT2D eigenvalue weighted by Gasteiger charge is -2.36. The zero-order valence-corrected chi connectivity index (χ0v) is 16.9. The number of nitrogens with two attached hydrogens (primary N) is 1. The summed E-state index contributed by atoms with van der Waals surface area (Å²) in [5.41, 5.74) is 9.68. The molecule has 1 saturated heterocycles. The van der Waals surface area contributed by atoms with Crippen LogP contribution in [0.1, 0.15) is 34.3 Å². The maximum atomic E-state index is 11.2. The molecule has 0 radical (unpaired) electrons. The molecule has 3 N–H and O–H groups in total. The van der Waals surface area contributed by atoms with Crippen molar-refractivity contribution in [3.8, 4) is 0 Å². The number of amides is 1. The molecule has 2 aromatic carbocycles. The summed E-state index contributed by atoms with van der Waals surface area (Å²) in [5.74, 6) is -0.371. The van der Waals surface area contributed by atoms with Crippen molar-refractivity contribution < 1.29 is 4.79 Å².